The molecule has 0 unspecified atom stereocenters. The summed E-state index contributed by atoms with van der Waals surface area (Å²) in [6, 6.07) is 7.44. The molecule has 0 radical (unpaired) electrons. The highest BCUT2D eigenvalue weighted by atomic mass is 16.5. The van der Waals surface area contributed by atoms with Gasteiger partial charge in [0.1, 0.15) is 23.7 Å². The van der Waals surface area contributed by atoms with E-state index in [1.807, 2.05) is 56.3 Å². The fraction of sp³-hybridized carbons (Fsp3) is 0.662. The molecule has 1 saturated heterocycles. The van der Waals surface area contributed by atoms with E-state index >= 15 is 0 Å². The number of nitrogens with one attached hydrogen (secondary N) is 6. The molecule has 2 aliphatic rings. The predicted octanol–water partition coefficient (Wildman–Crippen LogP) is 4.18. The zero-order chi connectivity index (χ0) is 65.0. The predicted molar refractivity (Wildman–Crippen MR) is 325 cm³/mol. The highest BCUT2D eigenvalue weighted by Crippen LogP contribution is 2.37. The van der Waals surface area contributed by atoms with E-state index in [4.69, 9.17) is 10.5 Å². The lowest BCUT2D eigenvalue weighted by atomic mass is 9.83. The summed E-state index contributed by atoms with van der Waals surface area (Å²) >= 11 is 0. The van der Waals surface area contributed by atoms with Crippen LogP contribution in [0, 0.1) is 53.3 Å². The second-order valence-corrected chi connectivity index (χ2v) is 24.7. The summed E-state index contributed by atoms with van der Waals surface area (Å²) in [7, 11) is 0. The van der Waals surface area contributed by atoms with Gasteiger partial charge in [0.05, 0.1) is 43.2 Å². The molecule has 4 rings (SSSR count). The van der Waals surface area contributed by atoms with Crippen LogP contribution in [-0.2, 0) is 68.7 Å². The minimum Gasteiger partial charge on any atom is -0.458 e. The molecular formula is C65H97N7O15. The summed E-state index contributed by atoms with van der Waals surface area (Å²) in [4.78, 5) is 166. The van der Waals surface area contributed by atoms with E-state index in [9.17, 15) is 67.7 Å². The Hall–Kier alpha value is -6.94. The average Bonchev–Trinajstić information content (AvgIpc) is 1.86. The van der Waals surface area contributed by atoms with Crippen LogP contribution in [0.3, 0.4) is 0 Å². The number of rotatable bonds is 33. The number of hydrogen-bond acceptors (Lipinski definition) is 15. The zero-order valence-electron chi connectivity index (χ0n) is 52.8. The Kier molecular flexibility index (Phi) is 28.3. The number of nitrogens with two attached hydrogens (primary N) is 1. The number of amides is 7. The number of ketones is 4. The summed E-state index contributed by atoms with van der Waals surface area (Å²) in [5.41, 5.74) is 5.21. The van der Waals surface area contributed by atoms with Gasteiger partial charge in [0.25, 0.3) is 0 Å². The number of hydrogen-bond donors (Lipinski definition) is 9. The highest BCUT2D eigenvalue weighted by molar-refractivity contribution is 6.00. The summed E-state index contributed by atoms with van der Waals surface area (Å²) in [6.07, 6.45) is -0.899. The van der Waals surface area contributed by atoms with Gasteiger partial charge in [-0.2, -0.15) is 0 Å². The van der Waals surface area contributed by atoms with Crippen LogP contribution >= 0.6 is 0 Å². The maximum Gasteiger partial charge on any atom is 0.329 e. The van der Waals surface area contributed by atoms with Gasteiger partial charge in [0.15, 0.2) is 23.1 Å². The van der Waals surface area contributed by atoms with Crippen molar-refractivity contribution in [1.29, 1.82) is 0 Å². The van der Waals surface area contributed by atoms with Gasteiger partial charge in [0, 0.05) is 49.9 Å². The second kappa shape index (κ2) is 34.0. The number of ether oxygens (including phenoxy) is 1. The van der Waals surface area contributed by atoms with Crippen molar-refractivity contribution in [1.82, 2.24) is 31.9 Å². The minimum atomic E-state index is -1.56. The molecule has 1 aliphatic heterocycles. The first-order valence-corrected chi connectivity index (χ1v) is 31.3. The van der Waals surface area contributed by atoms with Gasteiger partial charge in [-0.1, -0.05) is 137 Å². The Morgan fingerprint density at radius 1 is 0.667 bits per heavy atom. The molecule has 2 aromatic carbocycles. The Bertz CT molecular complexity index is 2780. The molecule has 1 aliphatic carbocycles. The molecule has 1 saturated carbocycles. The van der Waals surface area contributed by atoms with Crippen LogP contribution in [0.1, 0.15) is 165 Å². The number of benzene rings is 2. The van der Waals surface area contributed by atoms with E-state index in [0.29, 0.717) is 51.4 Å². The third-order valence-electron chi connectivity index (χ3n) is 18.1. The normalized spacial score (nSPS) is 21.8. The average molecular weight is 1220 g/mol. The Balaban J connectivity index is 1.50. The van der Waals surface area contributed by atoms with Crippen molar-refractivity contribution < 1.29 is 72.5 Å². The van der Waals surface area contributed by atoms with Gasteiger partial charge in [-0.25, -0.2) is 4.79 Å². The maximum atomic E-state index is 14.5. The molecule has 10 N–H and O–H groups in total. The third-order valence-corrected chi connectivity index (χ3v) is 18.1. The van der Waals surface area contributed by atoms with Gasteiger partial charge in [-0.05, 0) is 79.0 Å². The number of fused-ring (bicyclic) bond motifs is 1. The van der Waals surface area contributed by atoms with Crippen molar-refractivity contribution in [3.63, 3.8) is 0 Å². The van der Waals surface area contributed by atoms with Crippen LogP contribution in [0.2, 0.25) is 0 Å². The molecule has 15 atom stereocenters. The minimum absolute atomic E-state index is 0.292. The number of carbonyl (C=O) groups is 12. The van der Waals surface area contributed by atoms with E-state index in [2.05, 4.69) is 31.9 Å². The molecule has 0 aromatic heterocycles. The number of Topliss-reactive ketones (excluding diaryl/α,β-unsaturated/α-hetero) is 4. The molecule has 87 heavy (non-hydrogen) atoms. The van der Waals surface area contributed by atoms with Crippen molar-refractivity contribution >= 4 is 81.2 Å². The van der Waals surface area contributed by atoms with Crippen molar-refractivity contribution in [2.75, 3.05) is 13.2 Å². The number of aliphatic hydroxyl groups is 2. The van der Waals surface area contributed by atoms with Gasteiger partial charge in [0.2, 0.25) is 41.4 Å². The van der Waals surface area contributed by atoms with Gasteiger partial charge < -0.3 is 52.6 Å². The highest BCUT2D eigenvalue weighted by Gasteiger charge is 2.53. The van der Waals surface area contributed by atoms with E-state index in [0.717, 1.165) is 16.3 Å². The molecule has 0 bridgehead atoms. The topological polar surface area (TPSA) is 353 Å². The lowest BCUT2D eigenvalue weighted by Gasteiger charge is -2.30. The second-order valence-electron chi connectivity index (χ2n) is 24.7. The first kappa shape index (κ1) is 72.5. The lowest BCUT2D eigenvalue weighted by molar-refractivity contribution is -0.157. The first-order valence-electron chi connectivity index (χ1n) is 31.3. The zero-order valence-corrected chi connectivity index (χ0v) is 52.8. The van der Waals surface area contributed by atoms with Crippen molar-refractivity contribution in [2.24, 2.45) is 59.0 Å². The SMILES string of the molecule is CC[C@H](Cc1ccc2ccccc2c1)C(=O)N[C@H](C(=O)C[C@@H](CO)C(=O)N[C@H](CCC(N)=O)C(=O)C[C@@H](C(=O)N[C@H](C(=O)C[C@@H](CO)C(=O)N[C@H]1C(=O)C[C@@H](C)C(=O)NC2(CC2)C(=O)N[C@@H]([C@@H](C)CC)C(=O)O[C@H]1C)[C@@H](C)CC)[C@@H](C)CC)[C@@H](C)CC. The molecule has 482 valence electrons. The molecule has 22 heteroatoms. The van der Waals surface area contributed by atoms with Crippen LogP contribution in [-0.4, -0.2) is 136 Å². The van der Waals surface area contributed by atoms with E-state index in [-0.39, 0.29) is 24.7 Å². The first-order chi connectivity index (χ1) is 41.1. The van der Waals surface area contributed by atoms with E-state index in [1.54, 1.807) is 48.5 Å². The Morgan fingerprint density at radius 2 is 1.22 bits per heavy atom. The maximum absolute atomic E-state index is 14.5. The van der Waals surface area contributed by atoms with E-state index in [1.165, 1.54) is 13.8 Å². The fourth-order valence-corrected chi connectivity index (χ4v) is 10.9. The van der Waals surface area contributed by atoms with Crippen molar-refractivity contribution in [2.45, 2.75) is 208 Å². The van der Waals surface area contributed by atoms with Crippen LogP contribution in [0.5, 0.6) is 0 Å². The Labute approximate surface area is 511 Å². The van der Waals surface area contributed by atoms with Gasteiger partial charge in [-0.3, -0.25) is 52.7 Å². The number of esters is 1. The standard InChI is InChI=1S/C65H97N7O15/c1-12-35(6)47(32-49(75)48(23-24-53(66)79)67-60(82)45(33-73)30-51(77)54(36(7)13-2)68-59(81)42(16-5)28-41-21-22-43-19-17-18-20-44(43)29-41)62(84)69-55(37(8)14-3)52(78)31-46(34-74)61(83)70-57-40(11)87-63(85)56(38(9)15-4)71-64(86)65(25-26-65)72-58(80)39(10)27-50(57)76/h17-22,29,35-40,42,45-48,54-57,73-74H,12-16,23-28,30-34H2,1-11H3,(H2,66,79)(H,67,82)(H,68,81)(H,69,84)(H,70,83)(H,71,86)(H,72,80)/t35-,36-,37-,38-,39+,40-,42+,45-,46-,47+,48+,54-,55-,56-,57+/m0/s1. The monoisotopic (exact) mass is 1220 g/mol. The van der Waals surface area contributed by atoms with E-state index < -0.39 is 193 Å². The quantitative estimate of drug-likeness (QED) is 0.0453. The van der Waals surface area contributed by atoms with Crippen LogP contribution in [0.25, 0.3) is 10.8 Å². The molecule has 7 amide bonds. The molecule has 2 aromatic rings. The molecule has 2 fully saturated rings. The molecule has 1 heterocycles. The van der Waals surface area contributed by atoms with Crippen LogP contribution in [0.4, 0.5) is 0 Å². The summed E-state index contributed by atoms with van der Waals surface area (Å²) in [5.74, 6) is -15.6. The fourth-order valence-electron chi connectivity index (χ4n) is 10.9. The van der Waals surface area contributed by atoms with Crippen molar-refractivity contribution in [3.8, 4) is 0 Å². The number of carbonyl (C=O) groups excluding carboxylic acids is 12. The number of cyclic esters (lactones) is 1. The van der Waals surface area contributed by atoms with Crippen LogP contribution in [0.15, 0.2) is 42.5 Å². The lowest BCUT2D eigenvalue weighted by Crippen LogP contribution is -2.56. The van der Waals surface area contributed by atoms with Gasteiger partial charge in [-0.15, -0.1) is 0 Å². The molecule has 22 nitrogen and oxygen atoms in total. The summed E-state index contributed by atoms with van der Waals surface area (Å²) < 4.78 is 5.76. The number of primary amides is 1. The Morgan fingerprint density at radius 3 is 1.75 bits per heavy atom. The van der Waals surface area contributed by atoms with Crippen molar-refractivity contribution in [3.05, 3.63) is 48.0 Å². The van der Waals surface area contributed by atoms with Crippen LogP contribution < -0.4 is 37.6 Å². The summed E-state index contributed by atoms with van der Waals surface area (Å²) in [5, 5.41) is 39.6. The summed E-state index contributed by atoms with van der Waals surface area (Å²) in [6.45, 7) is 17.1. The third kappa shape index (κ3) is 20.3. The largest absolute Gasteiger partial charge is 0.458 e. The molecule has 1 spiro atoms. The van der Waals surface area contributed by atoms with Gasteiger partial charge >= 0.3 is 5.97 Å². The molecular weight excluding hydrogens is 1120 g/mol. The number of aliphatic hydroxyl groups excluding tert-OH is 2. The smallest absolute Gasteiger partial charge is 0.329 e.